The number of hydrogen-bond acceptors (Lipinski definition) is 3. The fraction of sp³-hybridized carbons (Fsp3) is 0.600. The van der Waals surface area contributed by atoms with Gasteiger partial charge in [0.25, 0.3) is 5.91 Å². The largest absolute Gasteiger partial charge is 0.435 e. The first-order chi connectivity index (χ1) is 8.34. The van der Waals surface area contributed by atoms with Crippen molar-refractivity contribution in [3.63, 3.8) is 0 Å². The molecule has 1 rings (SSSR count). The molecule has 8 heteroatoms. The van der Waals surface area contributed by atoms with Gasteiger partial charge in [-0.1, -0.05) is 6.08 Å². The summed E-state index contributed by atoms with van der Waals surface area (Å²) in [5.74, 6) is -0.776. The highest BCUT2D eigenvalue weighted by molar-refractivity contribution is 6.00. The van der Waals surface area contributed by atoms with Crippen molar-refractivity contribution in [2.45, 2.75) is 31.7 Å². The van der Waals surface area contributed by atoms with E-state index < -0.39 is 30.0 Å². The van der Waals surface area contributed by atoms with E-state index in [9.17, 15) is 22.4 Å². The molecule has 0 bridgehead atoms. The Kier molecular flexibility index (Phi) is 4.83. The van der Waals surface area contributed by atoms with Crippen LogP contribution in [0.5, 0.6) is 0 Å². The Morgan fingerprint density at radius 1 is 1.50 bits per heavy atom. The van der Waals surface area contributed by atoms with Gasteiger partial charge in [-0.2, -0.15) is 18.3 Å². The van der Waals surface area contributed by atoms with Crippen LogP contribution < -0.4 is 10.7 Å². The number of halogens is 4. The van der Waals surface area contributed by atoms with E-state index in [2.05, 4.69) is 10.4 Å². The standard InChI is InChI=1S/C10H13F4N3O/c1-2-3-8(10(12,13)14)16-17-9(18)7-4-6(11)5-15-7/h2-3,6-7,15H,4-5H2,1H3,(H,17,18)/b3-2-,16-8-/t6-,7+/m1/s1. The van der Waals surface area contributed by atoms with E-state index in [4.69, 9.17) is 0 Å². The summed E-state index contributed by atoms with van der Waals surface area (Å²) < 4.78 is 49.9. The minimum Gasteiger partial charge on any atom is -0.303 e. The Hall–Kier alpha value is -1.44. The van der Waals surface area contributed by atoms with Crippen LogP contribution >= 0.6 is 0 Å². The number of nitrogens with zero attached hydrogens (tertiary/aromatic N) is 1. The predicted octanol–water partition coefficient (Wildman–Crippen LogP) is 1.30. The molecule has 0 radical (unpaired) electrons. The zero-order valence-electron chi connectivity index (χ0n) is 9.59. The summed E-state index contributed by atoms with van der Waals surface area (Å²) in [5.41, 5.74) is 0.571. The van der Waals surface area contributed by atoms with Crippen molar-refractivity contribution in [1.29, 1.82) is 0 Å². The lowest BCUT2D eigenvalue weighted by atomic mass is 10.2. The van der Waals surface area contributed by atoms with Crippen molar-refractivity contribution in [3.05, 3.63) is 12.2 Å². The van der Waals surface area contributed by atoms with Gasteiger partial charge in [0.05, 0.1) is 6.04 Å². The molecule has 0 aliphatic carbocycles. The molecule has 2 N–H and O–H groups in total. The van der Waals surface area contributed by atoms with Crippen molar-refractivity contribution < 1.29 is 22.4 Å². The van der Waals surface area contributed by atoms with Gasteiger partial charge in [-0.25, -0.2) is 9.82 Å². The van der Waals surface area contributed by atoms with Gasteiger partial charge in [0.1, 0.15) is 6.17 Å². The molecule has 2 atom stereocenters. The van der Waals surface area contributed by atoms with Crippen LogP contribution in [0.25, 0.3) is 0 Å². The molecule has 0 aromatic carbocycles. The fourth-order valence-corrected chi connectivity index (χ4v) is 1.44. The van der Waals surface area contributed by atoms with E-state index in [1.807, 2.05) is 0 Å². The average Bonchev–Trinajstić information content (AvgIpc) is 2.69. The van der Waals surface area contributed by atoms with Crippen molar-refractivity contribution in [2.24, 2.45) is 5.10 Å². The number of allylic oxidation sites excluding steroid dienone is 2. The molecule has 1 saturated heterocycles. The maximum absolute atomic E-state index is 12.8. The molecule has 0 aromatic heterocycles. The SMILES string of the molecule is C/C=C\C(=N\NC(=O)[C@@H]1C[C@@H](F)CN1)C(F)(F)F. The minimum atomic E-state index is -4.65. The molecule has 1 fully saturated rings. The third-order valence-corrected chi connectivity index (χ3v) is 2.30. The Morgan fingerprint density at radius 2 is 2.17 bits per heavy atom. The second kappa shape index (κ2) is 5.94. The number of carbonyl (C=O) groups is 1. The fourth-order valence-electron chi connectivity index (χ4n) is 1.44. The number of amides is 1. The third-order valence-electron chi connectivity index (χ3n) is 2.30. The maximum Gasteiger partial charge on any atom is 0.435 e. The predicted molar refractivity (Wildman–Crippen MR) is 57.8 cm³/mol. The smallest absolute Gasteiger partial charge is 0.303 e. The molecule has 18 heavy (non-hydrogen) atoms. The summed E-state index contributed by atoms with van der Waals surface area (Å²) in [6.45, 7) is 1.41. The highest BCUT2D eigenvalue weighted by atomic mass is 19.4. The van der Waals surface area contributed by atoms with Crippen molar-refractivity contribution >= 4 is 11.6 Å². The van der Waals surface area contributed by atoms with Gasteiger partial charge in [-0.15, -0.1) is 0 Å². The first kappa shape index (κ1) is 14.6. The van der Waals surface area contributed by atoms with Crippen LogP contribution in [-0.4, -0.2) is 36.6 Å². The normalized spacial score (nSPS) is 25.7. The van der Waals surface area contributed by atoms with Crippen LogP contribution in [0.1, 0.15) is 13.3 Å². The van der Waals surface area contributed by atoms with Crippen LogP contribution in [-0.2, 0) is 4.79 Å². The van der Waals surface area contributed by atoms with Gasteiger partial charge >= 0.3 is 6.18 Å². The number of nitrogens with one attached hydrogen (secondary N) is 2. The molecule has 1 amide bonds. The molecule has 0 spiro atoms. The van der Waals surface area contributed by atoms with E-state index in [0.29, 0.717) is 0 Å². The number of hydrogen-bond donors (Lipinski definition) is 2. The number of rotatable bonds is 3. The average molecular weight is 267 g/mol. The van der Waals surface area contributed by atoms with Crippen molar-refractivity contribution in [3.8, 4) is 0 Å². The lowest BCUT2D eigenvalue weighted by molar-refractivity contribution is -0.122. The van der Waals surface area contributed by atoms with Crippen LogP contribution in [0.15, 0.2) is 17.3 Å². The van der Waals surface area contributed by atoms with E-state index in [1.165, 1.54) is 6.92 Å². The first-order valence-electron chi connectivity index (χ1n) is 5.29. The third kappa shape index (κ3) is 4.10. The van der Waals surface area contributed by atoms with E-state index in [0.717, 1.165) is 12.2 Å². The lowest BCUT2D eigenvalue weighted by Gasteiger charge is -2.09. The molecule has 1 heterocycles. The van der Waals surface area contributed by atoms with Gasteiger partial charge in [0.15, 0.2) is 5.71 Å². The Morgan fingerprint density at radius 3 is 2.61 bits per heavy atom. The number of carbonyl (C=O) groups excluding carboxylic acids is 1. The zero-order valence-corrected chi connectivity index (χ0v) is 9.59. The Labute approximate surface area is 101 Å². The summed E-state index contributed by atoms with van der Waals surface area (Å²) in [7, 11) is 0. The summed E-state index contributed by atoms with van der Waals surface area (Å²) in [6, 6.07) is -0.844. The summed E-state index contributed by atoms with van der Waals surface area (Å²) in [5, 5.41) is 5.54. The van der Waals surface area contributed by atoms with Gasteiger partial charge in [-0.05, 0) is 13.0 Å². The van der Waals surface area contributed by atoms with Gasteiger partial charge in [-0.3, -0.25) is 4.79 Å². The first-order valence-corrected chi connectivity index (χ1v) is 5.29. The van der Waals surface area contributed by atoms with Crippen LogP contribution in [0.4, 0.5) is 17.6 Å². The van der Waals surface area contributed by atoms with Crippen LogP contribution in [0.2, 0.25) is 0 Å². The van der Waals surface area contributed by atoms with E-state index in [1.54, 1.807) is 5.43 Å². The molecule has 1 aliphatic heterocycles. The molecule has 1 aliphatic rings. The van der Waals surface area contributed by atoms with Crippen LogP contribution in [0, 0.1) is 0 Å². The minimum absolute atomic E-state index is 0.0167. The second-order valence-electron chi connectivity index (χ2n) is 3.76. The summed E-state index contributed by atoms with van der Waals surface area (Å²) in [6.07, 6.45) is -3.98. The molecule has 0 unspecified atom stereocenters. The van der Waals surface area contributed by atoms with Crippen molar-refractivity contribution in [1.82, 2.24) is 10.7 Å². The molecule has 0 aromatic rings. The molecular weight excluding hydrogens is 254 g/mol. The summed E-state index contributed by atoms with van der Waals surface area (Å²) in [4.78, 5) is 11.4. The van der Waals surface area contributed by atoms with E-state index >= 15 is 0 Å². The molecule has 102 valence electrons. The summed E-state index contributed by atoms with van der Waals surface area (Å²) >= 11 is 0. The maximum atomic E-state index is 12.8. The molecular formula is C10H13F4N3O. The van der Waals surface area contributed by atoms with Gasteiger partial charge < -0.3 is 5.32 Å². The topological polar surface area (TPSA) is 53.5 Å². The number of alkyl halides is 4. The Bertz CT molecular complexity index is 365. The highest BCUT2D eigenvalue weighted by Crippen LogP contribution is 2.18. The van der Waals surface area contributed by atoms with Gasteiger partial charge in [0, 0.05) is 13.0 Å². The zero-order chi connectivity index (χ0) is 13.8. The quantitative estimate of drug-likeness (QED) is 0.460. The Balaban J connectivity index is 2.63. The monoisotopic (exact) mass is 267 g/mol. The van der Waals surface area contributed by atoms with Gasteiger partial charge in [0.2, 0.25) is 0 Å². The van der Waals surface area contributed by atoms with Crippen molar-refractivity contribution in [2.75, 3.05) is 6.54 Å². The molecule has 4 nitrogen and oxygen atoms in total. The van der Waals surface area contributed by atoms with E-state index in [-0.39, 0.29) is 13.0 Å². The lowest BCUT2D eigenvalue weighted by Crippen LogP contribution is -2.39. The number of hydrazone groups is 1. The second-order valence-corrected chi connectivity index (χ2v) is 3.76. The highest BCUT2D eigenvalue weighted by Gasteiger charge is 2.35. The van der Waals surface area contributed by atoms with Crippen LogP contribution in [0.3, 0.4) is 0 Å². The molecule has 0 saturated carbocycles.